The number of Topliss-reactive ketones (excluding diaryl/α,β-unsaturated/α-hetero) is 1. The highest BCUT2D eigenvalue weighted by molar-refractivity contribution is 6.33. The number of carboxylic acid groups (broad SMARTS) is 1. The number of benzene rings is 3. The number of nitrogens with one attached hydrogen (secondary N) is 1. The first-order chi connectivity index (χ1) is 17.8. The number of hydrogen-bond donors (Lipinski definition) is 2. The van der Waals surface area contributed by atoms with E-state index in [1.807, 2.05) is 30.3 Å². The fourth-order valence-electron chi connectivity index (χ4n) is 3.90. The largest absolute Gasteiger partial charge is 0.481 e. The molecule has 0 aliphatic rings. The molecule has 0 amide bonds. The van der Waals surface area contributed by atoms with Gasteiger partial charge in [-0.1, -0.05) is 53.5 Å². The molecule has 2 N–H and O–H groups in total. The molecule has 5 nitrogen and oxygen atoms in total. The second-order valence-corrected chi connectivity index (χ2v) is 9.30. The molecule has 0 aliphatic carbocycles. The second-order valence-electron chi connectivity index (χ2n) is 8.46. The van der Waals surface area contributed by atoms with Crippen molar-refractivity contribution in [3.63, 3.8) is 0 Å². The highest BCUT2D eigenvalue weighted by Crippen LogP contribution is 2.32. The zero-order valence-corrected chi connectivity index (χ0v) is 21.2. The van der Waals surface area contributed by atoms with Crippen molar-refractivity contribution < 1.29 is 19.1 Å². The standard InChI is InChI=1S/C29H23Cl2FN2O3/c30-21-8-4-19(16-33-23-11-12-24(26(31)15-23)18-5-9-22(32)10-6-18)25(14-21)20-7-13-27(34-17-20)28(35)2-1-3-29(36)37/h4-15,17,33H,1-3,16H2,(H,36,37). The number of carbonyl (C=O) groups excluding carboxylic acids is 1. The minimum Gasteiger partial charge on any atom is -0.481 e. The molecular formula is C29H23Cl2FN2O3. The SMILES string of the molecule is O=C(O)CCCC(=O)c1ccc(-c2cc(Cl)ccc2CNc2ccc(-c3ccc(F)cc3)c(Cl)c2)cn1. The Balaban J connectivity index is 1.48. The van der Waals surface area contributed by atoms with Gasteiger partial charge in [-0.05, 0) is 65.6 Å². The number of hydrogen-bond acceptors (Lipinski definition) is 4. The van der Waals surface area contributed by atoms with E-state index in [0.29, 0.717) is 22.3 Å². The molecule has 0 atom stereocenters. The lowest BCUT2D eigenvalue weighted by molar-refractivity contribution is -0.137. The van der Waals surface area contributed by atoms with Crippen molar-refractivity contribution in [1.29, 1.82) is 0 Å². The molecule has 0 unspecified atom stereocenters. The maximum absolute atomic E-state index is 13.2. The molecule has 0 fully saturated rings. The monoisotopic (exact) mass is 536 g/mol. The van der Waals surface area contributed by atoms with Crippen molar-refractivity contribution in [3.8, 4) is 22.3 Å². The number of nitrogens with zero attached hydrogens (tertiary/aromatic N) is 1. The Hall–Kier alpha value is -3.74. The molecule has 188 valence electrons. The van der Waals surface area contributed by atoms with Gasteiger partial charge >= 0.3 is 5.97 Å². The molecule has 4 aromatic rings. The van der Waals surface area contributed by atoms with Gasteiger partial charge in [0.05, 0.1) is 5.02 Å². The maximum atomic E-state index is 13.2. The molecule has 1 aromatic heterocycles. The molecule has 0 radical (unpaired) electrons. The lowest BCUT2D eigenvalue weighted by Crippen LogP contribution is -2.04. The summed E-state index contributed by atoms with van der Waals surface area (Å²) < 4.78 is 13.2. The van der Waals surface area contributed by atoms with Crippen LogP contribution in [0.25, 0.3) is 22.3 Å². The van der Waals surface area contributed by atoms with Gasteiger partial charge in [-0.3, -0.25) is 14.6 Å². The maximum Gasteiger partial charge on any atom is 0.303 e. The van der Waals surface area contributed by atoms with E-state index < -0.39 is 5.97 Å². The predicted molar refractivity (Wildman–Crippen MR) is 145 cm³/mol. The Kier molecular flexibility index (Phi) is 8.54. The third kappa shape index (κ3) is 6.94. The van der Waals surface area contributed by atoms with E-state index in [0.717, 1.165) is 33.5 Å². The van der Waals surface area contributed by atoms with E-state index in [2.05, 4.69) is 10.3 Å². The van der Waals surface area contributed by atoms with Gasteiger partial charge in [0.1, 0.15) is 11.5 Å². The highest BCUT2D eigenvalue weighted by atomic mass is 35.5. The Morgan fingerprint density at radius 2 is 1.62 bits per heavy atom. The number of carboxylic acids is 1. The van der Waals surface area contributed by atoms with Crippen molar-refractivity contribution in [2.24, 2.45) is 0 Å². The van der Waals surface area contributed by atoms with Crippen LogP contribution in [-0.2, 0) is 11.3 Å². The molecule has 8 heteroatoms. The normalized spacial score (nSPS) is 10.8. The quantitative estimate of drug-likeness (QED) is 0.201. The van der Waals surface area contributed by atoms with Gasteiger partial charge < -0.3 is 10.4 Å². The number of halogens is 3. The Morgan fingerprint density at radius 3 is 2.30 bits per heavy atom. The summed E-state index contributed by atoms with van der Waals surface area (Å²) in [6.07, 6.45) is 1.97. The van der Waals surface area contributed by atoms with E-state index >= 15 is 0 Å². The summed E-state index contributed by atoms with van der Waals surface area (Å²) in [5.74, 6) is -1.42. The van der Waals surface area contributed by atoms with Gasteiger partial charge in [0, 0.05) is 47.4 Å². The van der Waals surface area contributed by atoms with Crippen LogP contribution >= 0.6 is 23.2 Å². The van der Waals surface area contributed by atoms with Crippen LogP contribution in [0.1, 0.15) is 35.3 Å². The minimum atomic E-state index is -0.927. The third-order valence-corrected chi connectivity index (χ3v) is 6.38. The van der Waals surface area contributed by atoms with Crippen LogP contribution in [0.5, 0.6) is 0 Å². The molecule has 0 bridgehead atoms. The third-order valence-electron chi connectivity index (χ3n) is 5.83. The van der Waals surface area contributed by atoms with Crippen LogP contribution in [0.4, 0.5) is 10.1 Å². The van der Waals surface area contributed by atoms with Crippen molar-refractivity contribution in [3.05, 3.63) is 106 Å². The van der Waals surface area contributed by atoms with Crippen LogP contribution in [0.15, 0.2) is 79.0 Å². The first-order valence-corrected chi connectivity index (χ1v) is 12.3. The van der Waals surface area contributed by atoms with Crippen molar-refractivity contribution in [1.82, 2.24) is 4.98 Å². The second kappa shape index (κ2) is 12.0. The smallest absolute Gasteiger partial charge is 0.303 e. The van der Waals surface area contributed by atoms with Gasteiger partial charge in [-0.15, -0.1) is 0 Å². The van der Waals surface area contributed by atoms with E-state index in [4.69, 9.17) is 28.3 Å². The fourth-order valence-corrected chi connectivity index (χ4v) is 4.37. The lowest BCUT2D eigenvalue weighted by Gasteiger charge is -2.14. The molecule has 0 saturated heterocycles. The molecule has 3 aromatic carbocycles. The predicted octanol–water partition coefficient (Wildman–Crippen LogP) is 7.91. The zero-order valence-electron chi connectivity index (χ0n) is 19.7. The van der Waals surface area contributed by atoms with Gasteiger partial charge in [0.15, 0.2) is 5.78 Å². The Morgan fingerprint density at radius 1 is 0.865 bits per heavy atom. The molecule has 0 aliphatic heterocycles. The lowest BCUT2D eigenvalue weighted by atomic mass is 10.00. The molecule has 1 heterocycles. The highest BCUT2D eigenvalue weighted by Gasteiger charge is 2.12. The number of aromatic nitrogens is 1. The summed E-state index contributed by atoms with van der Waals surface area (Å²) in [5, 5.41) is 13.2. The zero-order chi connectivity index (χ0) is 26.4. The Bertz CT molecular complexity index is 1420. The van der Waals surface area contributed by atoms with E-state index in [1.165, 1.54) is 12.1 Å². The summed E-state index contributed by atoms with van der Waals surface area (Å²) in [6.45, 7) is 0.481. The summed E-state index contributed by atoms with van der Waals surface area (Å²) >= 11 is 12.8. The van der Waals surface area contributed by atoms with Crippen LogP contribution in [-0.4, -0.2) is 21.8 Å². The number of carbonyl (C=O) groups is 2. The van der Waals surface area contributed by atoms with Gasteiger partial charge in [0.25, 0.3) is 0 Å². The molecule has 4 rings (SSSR count). The van der Waals surface area contributed by atoms with Crippen LogP contribution < -0.4 is 5.32 Å². The molecule has 0 spiro atoms. The summed E-state index contributed by atoms with van der Waals surface area (Å²) in [5.41, 5.74) is 5.38. The van der Waals surface area contributed by atoms with E-state index in [1.54, 1.807) is 36.5 Å². The first kappa shape index (κ1) is 26.3. The average molecular weight is 537 g/mol. The van der Waals surface area contributed by atoms with Crippen LogP contribution in [0.2, 0.25) is 10.0 Å². The van der Waals surface area contributed by atoms with E-state index in [9.17, 15) is 14.0 Å². The van der Waals surface area contributed by atoms with Crippen molar-refractivity contribution in [2.75, 3.05) is 5.32 Å². The number of pyridine rings is 1. The summed E-state index contributed by atoms with van der Waals surface area (Å²) in [4.78, 5) is 27.3. The van der Waals surface area contributed by atoms with E-state index in [-0.39, 0.29) is 30.9 Å². The van der Waals surface area contributed by atoms with Crippen LogP contribution in [0.3, 0.4) is 0 Å². The van der Waals surface area contributed by atoms with Crippen LogP contribution in [0, 0.1) is 5.82 Å². The number of anilines is 1. The molecule has 37 heavy (non-hydrogen) atoms. The summed E-state index contributed by atoms with van der Waals surface area (Å²) in [6, 6.07) is 20.8. The topological polar surface area (TPSA) is 79.3 Å². The molecule has 0 saturated carbocycles. The van der Waals surface area contributed by atoms with Crippen molar-refractivity contribution >= 4 is 40.6 Å². The fraction of sp³-hybridized carbons (Fsp3) is 0.138. The van der Waals surface area contributed by atoms with Gasteiger partial charge in [0.2, 0.25) is 0 Å². The number of aliphatic carboxylic acids is 1. The average Bonchev–Trinajstić information content (AvgIpc) is 2.88. The Labute approximate surface area is 223 Å². The van der Waals surface area contributed by atoms with Gasteiger partial charge in [-0.25, -0.2) is 4.39 Å². The van der Waals surface area contributed by atoms with Crippen molar-refractivity contribution in [2.45, 2.75) is 25.8 Å². The molecular weight excluding hydrogens is 514 g/mol. The van der Waals surface area contributed by atoms with Gasteiger partial charge in [-0.2, -0.15) is 0 Å². The summed E-state index contributed by atoms with van der Waals surface area (Å²) in [7, 11) is 0. The first-order valence-electron chi connectivity index (χ1n) is 11.6. The number of rotatable bonds is 10. The minimum absolute atomic E-state index is 0.0527. The number of ketones is 1.